The third-order valence-corrected chi connectivity index (χ3v) is 3.43. The Morgan fingerprint density at radius 1 is 1.29 bits per heavy atom. The standard InChI is InChI=1S/C16H23NO3.ClH/c1-12-10-17(11-13(2)20-12)8-9-19-16-7-5-4-6-15(16)14(3)18;/h4-7,12-13H,8-11H2,1-3H3;1H. The van der Waals surface area contributed by atoms with E-state index in [0.717, 1.165) is 19.6 Å². The lowest BCUT2D eigenvalue weighted by Gasteiger charge is -2.35. The van der Waals surface area contributed by atoms with Gasteiger partial charge in [-0.25, -0.2) is 0 Å². The first-order valence-electron chi connectivity index (χ1n) is 7.17. The Bertz CT molecular complexity index is 457. The van der Waals surface area contributed by atoms with Gasteiger partial charge in [0.25, 0.3) is 0 Å². The van der Waals surface area contributed by atoms with Crippen molar-refractivity contribution >= 4 is 18.2 Å². The fourth-order valence-corrected chi connectivity index (χ4v) is 2.64. The maximum Gasteiger partial charge on any atom is 0.163 e. The largest absolute Gasteiger partial charge is 0.491 e. The molecule has 0 spiro atoms. The van der Waals surface area contributed by atoms with Crippen molar-refractivity contribution in [3.05, 3.63) is 29.8 Å². The minimum atomic E-state index is 0. The summed E-state index contributed by atoms with van der Waals surface area (Å²) in [5, 5.41) is 0. The summed E-state index contributed by atoms with van der Waals surface area (Å²) >= 11 is 0. The minimum Gasteiger partial charge on any atom is -0.491 e. The molecule has 0 N–H and O–H groups in total. The monoisotopic (exact) mass is 313 g/mol. The maximum absolute atomic E-state index is 11.5. The quantitative estimate of drug-likeness (QED) is 0.784. The molecule has 0 aromatic heterocycles. The normalized spacial score (nSPS) is 22.4. The Balaban J connectivity index is 0.00000220. The van der Waals surface area contributed by atoms with E-state index in [1.54, 1.807) is 13.0 Å². The Hall–Kier alpha value is -1.10. The predicted molar refractivity (Wildman–Crippen MR) is 85.6 cm³/mol. The fraction of sp³-hybridized carbons (Fsp3) is 0.562. The van der Waals surface area contributed by atoms with Crippen LogP contribution in [0.5, 0.6) is 5.75 Å². The maximum atomic E-state index is 11.5. The van der Waals surface area contributed by atoms with Crippen molar-refractivity contribution in [1.82, 2.24) is 4.90 Å². The second kappa shape index (κ2) is 8.37. The fourth-order valence-electron chi connectivity index (χ4n) is 2.64. The lowest BCUT2D eigenvalue weighted by molar-refractivity contribution is -0.0699. The minimum absolute atomic E-state index is 0. The molecule has 1 heterocycles. The molecule has 4 nitrogen and oxygen atoms in total. The molecule has 1 saturated heterocycles. The highest BCUT2D eigenvalue weighted by atomic mass is 35.5. The molecule has 2 rings (SSSR count). The Morgan fingerprint density at radius 2 is 1.90 bits per heavy atom. The summed E-state index contributed by atoms with van der Waals surface area (Å²) < 4.78 is 11.5. The SMILES string of the molecule is CC(=O)c1ccccc1OCCN1CC(C)OC(C)C1.Cl. The third-order valence-electron chi connectivity index (χ3n) is 3.43. The van der Waals surface area contributed by atoms with Gasteiger partial charge in [-0.1, -0.05) is 12.1 Å². The topological polar surface area (TPSA) is 38.8 Å². The van der Waals surface area contributed by atoms with E-state index >= 15 is 0 Å². The molecule has 5 heteroatoms. The number of para-hydroxylation sites is 1. The Morgan fingerprint density at radius 3 is 2.52 bits per heavy atom. The van der Waals surface area contributed by atoms with Crippen molar-refractivity contribution < 1.29 is 14.3 Å². The van der Waals surface area contributed by atoms with Crippen LogP contribution in [-0.2, 0) is 4.74 Å². The zero-order chi connectivity index (χ0) is 14.5. The van der Waals surface area contributed by atoms with E-state index in [4.69, 9.17) is 9.47 Å². The molecule has 0 bridgehead atoms. The molecule has 1 fully saturated rings. The van der Waals surface area contributed by atoms with Gasteiger partial charge < -0.3 is 9.47 Å². The van der Waals surface area contributed by atoms with Gasteiger partial charge in [-0.15, -0.1) is 12.4 Å². The van der Waals surface area contributed by atoms with Crippen LogP contribution in [-0.4, -0.2) is 49.1 Å². The summed E-state index contributed by atoms with van der Waals surface area (Å²) in [6.07, 6.45) is 0.534. The highest BCUT2D eigenvalue weighted by Crippen LogP contribution is 2.18. The number of hydrogen-bond donors (Lipinski definition) is 0. The predicted octanol–water partition coefficient (Wildman–Crippen LogP) is 2.80. The molecule has 1 aliphatic rings. The van der Waals surface area contributed by atoms with Gasteiger partial charge in [-0.3, -0.25) is 9.69 Å². The van der Waals surface area contributed by atoms with Gasteiger partial charge in [-0.2, -0.15) is 0 Å². The average molecular weight is 314 g/mol. The number of carbonyl (C=O) groups is 1. The highest BCUT2D eigenvalue weighted by molar-refractivity contribution is 5.96. The molecule has 0 aliphatic carbocycles. The van der Waals surface area contributed by atoms with E-state index in [1.807, 2.05) is 18.2 Å². The molecule has 1 aliphatic heterocycles. The Labute approximate surface area is 132 Å². The molecule has 2 atom stereocenters. The lowest BCUT2D eigenvalue weighted by Crippen LogP contribution is -2.46. The molecule has 1 aromatic rings. The third kappa shape index (κ3) is 5.30. The van der Waals surface area contributed by atoms with E-state index in [0.29, 0.717) is 17.9 Å². The van der Waals surface area contributed by atoms with Crippen LogP contribution < -0.4 is 4.74 Å². The second-order valence-corrected chi connectivity index (χ2v) is 5.42. The number of Topliss-reactive ketones (excluding diaryl/α,β-unsaturated/α-hetero) is 1. The number of hydrogen-bond acceptors (Lipinski definition) is 4. The number of ketones is 1. The van der Waals surface area contributed by atoms with Gasteiger partial charge in [0, 0.05) is 19.6 Å². The molecular weight excluding hydrogens is 290 g/mol. The number of halogens is 1. The number of nitrogens with zero attached hydrogens (tertiary/aromatic N) is 1. The van der Waals surface area contributed by atoms with Crippen molar-refractivity contribution in [2.24, 2.45) is 0 Å². The lowest BCUT2D eigenvalue weighted by atomic mass is 10.1. The summed E-state index contributed by atoms with van der Waals surface area (Å²) in [6, 6.07) is 7.40. The van der Waals surface area contributed by atoms with E-state index in [9.17, 15) is 4.79 Å². The van der Waals surface area contributed by atoms with Crippen LogP contribution in [0.4, 0.5) is 0 Å². The Kier molecular flexibility index (Phi) is 7.15. The van der Waals surface area contributed by atoms with Crippen molar-refractivity contribution in [2.75, 3.05) is 26.2 Å². The number of morpholine rings is 1. The van der Waals surface area contributed by atoms with Crippen LogP contribution in [0.3, 0.4) is 0 Å². The molecule has 0 amide bonds. The summed E-state index contributed by atoms with van der Waals surface area (Å²) in [5.41, 5.74) is 0.649. The number of ether oxygens (including phenoxy) is 2. The number of benzene rings is 1. The summed E-state index contributed by atoms with van der Waals surface area (Å²) in [6.45, 7) is 9.05. The van der Waals surface area contributed by atoms with Gasteiger partial charge in [0.1, 0.15) is 12.4 Å². The number of rotatable bonds is 5. The van der Waals surface area contributed by atoms with Gasteiger partial charge >= 0.3 is 0 Å². The first kappa shape index (κ1) is 18.0. The van der Waals surface area contributed by atoms with E-state index in [2.05, 4.69) is 18.7 Å². The zero-order valence-corrected chi connectivity index (χ0v) is 13.7. The average Bonchev–Trinajstić information content (AvgIpc) is 2.38. The van der Waals surface area contributed by atoms with Gasteiger partial charge in [0.15, 0.2) is 5.78 Å². The molecule has 21 heavy (non-hydrogen) atoms. The van der Waals surface area contributed by atoms with Gasteiger partial charge in [0.05, 0.1) is 17.8 Å². The summed E-state index contributed by atoms with van der Waals surface area (Å²) in [7, 11) is 0. The van der Waals surface area contributed by atoms with Crippen molar-refractivity contribution in [3.63, 3.8) is 0 Å². The number of carbonyl (C=O) groups excluding carboxylic acids is 1. The van der Waals surface area contributed by atoms with Crippen LogP contribution >= 0.6 is 12.4 Å². The molecule has 118 valence electrons. The van der Waals surface area contributed by atoms with Crippen LogP contribution in [0, 0.1) is 0 Å². The second-order valence-electron chi connectivity index (χ2n) is 5.42. The highest BCUT2D eigenvalue weighted by Gasteiger charge is 2.21. The molecule has 1 aromatic carbocycles. The zero-order valence-electron chi connectivity index (χ0n) is 12.9. The first-order valence-corrected chi connectivity index (χ1v) is 7.17. The van der Waals surface area contributed by atoms with Gasteiger partial charge in [-0.05, 0) is 32.9 Å². The van der Waals surface area contributed by atoms with Crippen molar-refractivity contribution in [2.45, 2.75) is 33.0 Å². The molecular formula is C16H24ClNO3. The first-order chi connectivity index (χ1) is 9.56. The molecule has 2 unspecified atom stereocenters. The van der Waals surface area contributed by atoms with E-state index < -0.39 is 0 Å². The van der Waals surface area contributed by atoms with Crippen molar-refractivity contribution in [1.29, 1.82) is 0 Å². The summed E-state index contributed by atoms with van der Waals surface area (Å²) in [5.74, 6) is 0.712. The smallest absolute Gasteiger partial charge is 0.163 e. The van der Waals surface area contributed by atoms with Crippen molar-refractivity contribution in [3.8, 4) is 5.75 Å². The van der Waals surface area contributed by atoms with E-state index in [1.165, 1.54) is 0 Å². The van der Waals surface area contributed by atoms with Gasteiger partial charge in [0.2, 0.25) is 0 Å². The van der Waals surface area contributed by atoms with E-state index in [-0.39, 0.29) is 30.4 Å². The summed E-state index contributed by atoms with van der Waals surface area (Å²) in [4.78, 5) is 13.9. The van der Waals surface area contributed by atoms with Crippen LogP contribution in [0.2, 0.25) is 0 Å². The molecule has 0 radical (unpaired) electrons. The molecule has 0 saturated carbocycles. The van der Waals surface area contributed by atoms with Crippen LogP contribution in [0.1, 0.15) is 31.1 Å². The van der Waals surface area contributed by atoms with Crippen LogP contribution in [0.15, 0.2) is 24.3 Å². The van der Waals surface area contributed by atoms with Crippen LogP contribution in [0.25, 0.3) is 0 Å².